The normalized spacial score (nSPS) is 10.9. The third kappa shape index (κ3) is 5.75. The van der Waals surface area contributed by atoms with Gasteiger partial charge in [0.1, 0.15) is 0 Å². The van der Waals surface area contributed by atoms with E-state index in [-0.39, 0.29) is 0 Å². The summed E-state index contributed by atoms with van der Waals surface area (Å²) in [5.41, 5.74) is 30.0. The first-order valence-electron chi connectivity index (χ1n) is 14.9. The summed E-state index contributed by atoms with van der Waals surface area (Å²) in [6, 6.07) is 41.9. The molecule has 0 aliphatic heterocycles. The molecule has 0 bridgehead atoms. The fourth-order valence-corrected chi connectivity index (χ4v) is 5.66. The van der Waals surface area contributed by atoms with Gasteiger partial charge in [0.05, 0.1) is 0 Å². The number of benzene rings is 6. The molecule has 6 aromatic rings. The number of anilines is 6. The Morgan fingerprint density at radius 1 is 0.432 bits per heavy atom. The van der Waals surface area contributed by atoms with Crippen molar-refractivity contribution in [3.63, 3.8) is 0 Å². The van der Waals surface area contributed by atoms with Crippen LogP contribution in [0.3, 0.4) is 0 Å². The predicted molar refractivity (Wildman–Crippen MR) is 190 cm³/mol. The Bertz CT molecular complexity index is 1940. The average Bonchev–Trinajstić information content (AvgIpc) is 3.03. The second kappa shape index (κ2) is 12.0. The third-order valence-electron chi connectivity index (χ3n) is 8.57. The van der Waals surface area contributed by atoms with Gasteiger partial charge in [-0.15, -0.1) is 0 Å². The maximum Gasteiger partial charge on any atom is 0.0416 e. The molecular weight excluding hydrogens is 536 g/mol. The molecule has 0 fully saturated rings. The molecule has 4 nitrogen and oxygen atoms in total. The monoisotopic (exact) mass is 574 g/mol. The molecule has 0 aliphatic rings. The van der Waals surface area contributed by atoms with Crippen molar-refractivity contribution in [1.82, 2.24) is 0 Å². The molecule has 0 saturated carbocycles. The molecule has 6 aromatic carbocycles. The highest BCUT2D eigenvalue weighted by Crippen LogP contribution is 2.44. The number of rotatable bonds is 7. The largest absolute Gasteiger partial charge is 0.399 e. The van der Waals surface area contributed by atoms with Crippen LogP contribution in [-0.2, 0) is 0 Å². The highest BCUT2D eigenvalue weighted by Gasteiger charge is 2.18. The van der Waals surface area contributed by atoms with E-state index in [0.29, 0.717) is 0 Å². The molecule has 218 valence electrons. The maximum atomic E-state index is 6.77. The van der Waals surface area contributed by atoms with Crippen LogP contribution >= 0.6 is 0 Å². The summed E-state index contributed by atoms with van der Waals surface area (Å²) in [4.78, 5) is 0. The lowest BCUT2D eigenvalue weighted by molar-refractivity contribution is 1.33. The molecule has 0 spiro atoms. The maximum absolute atomic E-state index is 6.77. The zero-order valence-corrected chi connectivity index (χ0v) is 25.7. The van der Waals surface area contributed by atoms with Gasteiger partial charge in [-0.25, -0.2) is 0 Å². The number of hydrogen-bond acceptors (Lipinski definition) is 4. The molecule has 0 saturated heterocycles. The Hall–Kier alpha value is -5.48. The van der Waals surface area contributed by atoms with Crippen molar-refractivity contribution in [3.05, 3.63) is 144 Å². The van der Waals surface area contributed by atoms with E-state index in [9.17, 15) is 0 Å². The fraction of sp³-hybridized carbons (Fsp3) is 0.100. The molecule has 0 heterocycles. The highest BCUT2D eigenvalue weighted by atomic mass is 14.9. The van der Waals surface area contributed by atoms with Gasteiger partial charge in [0.25, 0.3) is 0 Å². The number of aryl methyl sites for hydroxylation is 2. The zero-order chi connectivity index (χ0) is 30.8. The van der Waals surface area contributed by atoms with Gasteiger partial charge in [-0.2, -0.15) is 0 Å². The van der Waals surface area contributed by atoms with Gasteiger partial charge in [0, 0.05) is 39.7 Å². The summed E-state index contributed by atoms with van der Waals surface area (Å²) in [6.07, 6.45) is 0. The third-order valence-corrected chi connectivity index (χ3v) is 8.57. The van der Waals surface area contributed by atoms with Gasteiger partial charge in [-0.05, 0) is 132 Å². The first-order valence-corrected chi connectivity index (χ1v) is 14.9. The summed E-state index contributed by atoms with van der Waals surface area (Å²) in [6.45, 7) is 8.56. The van der Waals surface area contributed by atoms with Crippen LogP contribution in [0.1, 0.15) is 22.3 Å². The molecule has 4 heteroatoms. The van der Waals surface area contributed by atoms with Crippen LogP contribution in [0.4, 0.5) is 34.1 Å². The summed E-state index contributed by atoms with van der Waals surface area (Å²) in [5.74, 6) is 0. The van der Waals surface area contributed by atoms with Gasteiger partial charge < -0.3 is 22.1 Å². The zero-order valence-electron chi connectivity index (χ0n) is 25.7. The van der Waals surface area contributed by atoms with Crippen molar-refractivity contribution < 1.29 is 0 Å². The van der Waals surface area contributed by atoms with Crippen molar-refractivity contribution in [1.29, 1.82) is 0 Å². The lowest BCUT2D eigenvalue weighted by Crippen LogP contribution is -1.98. The van der Waals surface area contributed by atoms with E-state index in [1.807, 2.05) is 18.2 Å². The molecule has 0 atom stereocenters. The van der Waals surface area contributed by atoms with E-state index in [1.165, 1.54) is 22.3 Å². The Morgan fingerprint density at radius 2 is 0.886 bits per heavy atom. The van der Waals surface area contributed by atoms with Gasteiger partial charge in [0.15, 0.2) is 0 Å². The summed E-state index contributed by atoms with van der Waals surface area (Å²) in [5, 5.41) is 7.17. The average molecular weight is 575 g/mol. The molecular formula is C40H38N4. The fourth-order valence-electron chi connectivity index (χ4n) is 5.66. The van der Waals surface area contributed by atoms with E-state index >= 15 is 0 Å². The van der Waals surface area contributed by atoms with E-state index in [0.717, 1.165) is 67.5 Å². The number of nitrogens with two attached hydrogens (primary N) is 2. The molecule has 6 N–H and O–H groups in total. The second-order valence-electron chi connectivity index (χ2n) is 11.5. The van der Waals surface area contributed by atoms with E-state index in [2.05, 4.69) is 141 Å². The number of nitrogens with one attached hydrogen (secondary N) is 2. The first kappa shape index (κ1) is 28.6. The van der Waals surface area contributed by atoms with Gasteiger partial charge in [0.2, 0.25) is 0 Å². The number of nitrogen functional groups attached to an aromatic ring is 2. The molecule has 0 radical (unpaired) electrons. The Morgan fingerprint density at radius 3 is 1.39 bits per heavy atom. The molecule has 0 aliphatic carbocycles. The van der Waals surface area contributed by atoms with Crippen LogP contribution in [0.25, 0.3) is 33.4 Å². The summed E-state index contributed by atoms with van der Waals surface area (Å²) in [7, 11) is 0. The second-order valence-corrected chi connectivity index (χ2v) is 11.5. The summed E-state index contributed by atoms with van der Waals surface area (Å²) < 4.78 is 0. The standard InChI is InChI=1S/C40H38N4/c1-25-7-5-9-37(27(25)3)43-33-19-13-30(14-20-33)39-35(29-11-17-32(41)18-12-29)23-24-36(42)40(39)31-15-21-34(22-16-31)44-38-10-6-8-26(2)28(38)4/h5-24,43-44H,41-42H2,1-4H3. The quantitative estimate of drug-likeness (QED) is 0.143. The molecule has 0 aromatic heterocycles. The predicted octanol–water partition coefficient (Wildman–Crippen LogP) is 10.6. The van der Waals surface area contributed by atoms with Crippen LogP contribution in [0.2, 0.25) is 0 Å². The lowest BCUT2D eigenvalue weighted by atomic mass is 9.86. The highest BCUT2D eigenvalue weighted by molar-refractivity contribution is 6.00. The lowest BCUT2D eigenvalue weighted by Gasteiger charge is -2.20. The molecule has 6 rings (SSSR count). The Balaban J connectivity index is 1.42. The van der Waals surface area contributed by atoms with Crippen LogP contribution in [0.5, 0.6) is 0 Å². The molecule has 0 amide bonds. The van der Waals surface area contributed by atoms with E-state index < -0.39 is 0 Å². The molecule has 44 heavy (non-hydrogen) atoms. The minimum atomic E-state index is 0.729. The first-order chi connectivity index (χ1) is 21.3. The van der Waals surface area contributed by atoms with Crippen LogP contribution in [0.15, 0.2) is 121 Å². The van der Waals surface area contributed by atoms with Gasteiger partial charge in [-0.3, -0.25) is 0 Å². The number of hydrogen-bond donors (Lipinski definition) is 4. The van der Waals surface area contributed by atoms with Gasteiger partial charge in [-0.1, -0.05) is 66.7 Å². The summed E-state index contributed by atoms with van der Waals surface area (Å²) >= 11 is 0. The Labute approximate surface area is 260 Å². The SMILES string of the molecule is Cc1cccc(Nc2ccc(-c3c(N)ccc(-c4ccc(N)cc4)c3-c3ccc(Nc4cccc(C)c4C)cc3)cc2)c1C. The van der Waals surface area contributed by atoms with Crippen molar-refractivity contribution in [2.45, 2.75) is 27.7 Å². The van der Waals surface area contributed by atoms with Crippen LogP contribution < -0.4 is 22.1 Å². The van der Waals surface area contributed by atoms with Crippen LogP contribution in [-0.4, -0.2) is 0 Å². The smallest absolute Gasteiger partial charge is 0.0416 e. The minimum absolute atomic E-state index is 0.729. The topological polar surface area (TPSA) is 76.1 Å². The van der Waals surface area contributed by atoms with Gasteiger partial charge >= 0.3 is 0 Å². The van der Waals surface area contributed by atoms with E-state index in [1.54, 1.807) is 0 Å². The van der Waals surface area contributed by atoms with Crippen LogP contribution in [0, 0.1) is 27.7 Å². The van der Waals surface area contributed by atoms with Crippen molar-refractivity contribution in [2.24, 2.45) is 0 Å². The van der Waals surface area contributed by atoms with Crippen molar-refractivity contribution in [2.75, 3.05) is 22.1 Å². The van der Waals surface area contributed by atoms with Crippen molar-refractivity contribution in [3.8, 4) is 33.4 Å². The van der Waals surface area contributed by atoms with Crippen molar-refractivity contribution >= 4 is 34.1 Å². The minimum Gasteiger partial charge on any atom is -0.399 e. The Kier molecular flexibility index (Phi) is 7.82. The van der Waals surface area contributed by atoms with E-state index in [4.69, 9.17) is 11.5 Å². The molecule has 0 unspecified atom stereocenters.